The minimum atomic E-state index is -0.985. The van der Waals surface area contributed by atoms with E-state index >= 15 is 0 Å². The monoisotopic (exact) mass is 262 g/mol. The smallest absolute Gasteiger partial charge is 0.323 e. The molecule has 0 spiro atoms. The summed E-state index contributed by atoms with van der Waals surface area (Å²) in [5.41, 5.74) is 7.67. The van der Waals surface area contributed by atoms with Gasteiger partial charge in [0, 0.05) is 17.8 Å². The van der Waals surface area contributed by atoms with E-state index in [1.165, 1.54) is 4.90 Å². The van der Waals surface area contributed by atoms with Gasteiger partial charge in [0.2, 0.25) is 0 Å². The second kappa shape index (κ2) is 5.30. The third-order valence-electron chi connectivity index (χ3n) is 3.31. The van der Waals surface area contributed by atoms with Gasteiger partial charge in [-0.1, -0.05) is 0 Å². The van der Waals surface area contributed by atoms with Crippen LogP contribution in [0.2, 0.25) is 0 Å². The number of aliphatic carboxylic acids is 1. The molecule has 0 radical (unpaired) electrons. The molecule has 19 heavy (non-hydrogen) atoms. The fourth-order valence-electron chi connectivity index (χ4n) is 1.99. The molecule has 3 N–H and O–H groups in total. The number of aryl methyl sites for hydroxylation is 1. The Hall–Kier alpha value is -2.04. The van der Waals surface area contributed by atoms with Gasteiger partial charge < -0.3 is 15.7 Å². The summed E-state index contributed by atoms with van der Waals surface area (Å²) >= 11 is 0. The van der Waals surface area contributed by atoms with Crippen LogP contribution in [0.1, 0.15) is 28.8 Å². The van der Waals surface area contributed by atoms with Crippen LogP contribution in [-0.4, -0.2) is 35.0 Å². The summed E-state index contributed by atoms with van der Waals surface area (Å²) in [5, 5.41) is 8.90. The van der Waals surface area contributed by atoms with Crippen LogP contribution in [0.4, 0.5) is 5.69 Å². The zero-order valence-electron chi connectivity index (χ0n) is 10.9. The number of benzene rings is 1. The predicted molar refractivity (Wildman–Crippen MR) is 71.9 cm³/mol. The second-order valence-corrected chi connectivity index (χ2v) is 5.09. The Morgan fingerprint density at radius 1 is 1.42 bits per heavy atom. The van der Waals surface area contributed by atoms with Gasteiger partial charge in [0.25, 0.3) is 5.91 Å². The molecule has 1 aliphatic rings. The maximum atomic E-state index is 12.3. The van der Waals surface area contributed by atoms with Crippen molar-refractivity contribution in [2.45, 2.75) is 19.8 Å². The highest BCUT2D eigenvalue weighted by atomic mass is 16.4. The Kier molecular flexibility index (Phi) is 3.74. The van der Waals surface area contributed by atoms with E-state index < -0.39 is 5.97 Å². The molecule has 5 heteroatoms. The fraction of sp³-hybridized carbons (Fsp3) is 0.429. The van der Waals surface area contributed by atoms with Gasteiger partial charge in [-0.3, -0.25) is 9.59 Å². The van der Waals surface area contributed by atoms with Crippen LogP contribution >= 0.6 is 0 Å². The number of amides is 1. The van der Waals surface area contributed by atoms with Crippen molar-refractivity contribution in [2.75, 3.05) is 18.8 Å². The lowest BCUT2D eigenvalue weighted by atomic mass is 10.1. The molecule has 0 saturated heterocycles. The number of anilines is 1. The number of carbonyl (C=O) groups is 2. The van der Waals surface area contributed by atoms with Gasteiger partial charge in [0.05, 0.1) is 0 Å². The highest BCUT2D eigenvalue weighted by Crippen LogP contribution is 2.30. The maximum absolute atomic E-state index is 12.3. The lowest BCUT2D eigenvalue weighted by Gasteiger charge is -2.21. The molecule has 0 unspecified atom stereocenters. The highest BCUT2D eigenvalue weighted by Gasteiger charge is 2.28. The number of nitrogen functional groups attached to an aromatic ring is 1. The van der Waals surface area contributed by atoms with Crippen molar-refractivity contribution in [1.29, 1.82) is 0 Å². The molecule has 1 aromatic rings. The van der Waals surface area contributed by atoms with Crippen molar-refractivity contribution in [1.82, 2.24) is 4.90 Å². The fourth-order valence-corrected chi connectivity index (χ4v) is 1.99. The summed E-state index contributed by atoms with van der Waals surface area (Å²) in [5.74, 6) is -0.767. The molecule has 1 saturated carbocycles. The number of hydrogen-bond donors (Lipinski definition) is 2. The van der Waals surface area contributed by atoms with Gasteiger partial charge in [-0.25, -0.2) is 0 Å². The van der Waals surface area contributed by atoms with E-state index in [0.717, 1.165) is 18.4 Å². The van der Waals surface area contributed by atoms with Crippen molar-refractivity contribution in [3.05, 3.63) is 29.3 Å². The molecule has 0 atom stereocenters. The van der Waals surface area contributed by atoms with Crippen LogP contribution in [0.25, 0.3) is 0 Å². The number of carboxylic acids is 1. The molecule has 0 aromatic heterocycles. The number of nitrogens with zero attached hydrogens (tertiary/aromatic N) is 1. The molecule has 1 aromatic carbocycles. The van der Waals surface area contributed by atoms with Crippen LogP contribution in [0, 0.1) is 12.8 Å². The minimum Gasteiger partial charge on any atom is -0.480 e. The molecule has 1 aliphatic carbocycles. The molecule has 2 rings (SSSR count). The minimum absolute atomic E-state index is 0.239. The quantitative estimate of drug-likeness (QED) is 0.788. The first kappa shape index (κ1) is 13.4. The first-order valence-corrected chi connectivity index (χ1v) is 6.34. The Morgan fingerprint density at radius 2 is 2.11 bits per heavy atom. The Labute approximate surface area is 112 Å². The van der Waals surface area contributed by atoms with Crippen molar-refractivity contribution < 1.29 is 14.7 Å². The third-order valence-corrected chi connectivity index (χ3v) is 3.31. The molecule has 0 bridgehead atoms. The molecular weight excluding hydrogens is 244 g/mol. The molecule has 102 valence electrons. The summed E-state index contributed by atoms with van der Waals surface area (Å²) < 4.78 is 0. The predicted octanol–water partition coefficient (Wildman–Crippen LogP) is 1.51. The van der Waals surface area contributed by atoms with Crippen LogP contribution in [-0.2, 0) is 4.79 Å². The van der Waals surface area contributed by atoms with E-state index in [2.05, 4.69) is 0 Å². The lowest BCUT2D eigenvalue weighted by Crippen LogP contribution is -2.37. The molecule has 0 heterocycles. The molecule has 0 aliphatic heterocycles. The maximum Gasteiger partial charge on any atom is 0.323 e. The first-order valence-electron chi connectivity index (χ1n) is 6.34. The van der Waals surface area contributed by atoms with Crippen molar-refractivity contribution in [3.8, 4) is 0 Å². The van der Waals surface area contributed by atoms with Crippen LogP contribution < -0.4 is 5.73 Å². The topological polar surface area (TPSA) is 83.6 Å². The van der Waals surface area contributed by atoms with E-state index in [9.17, 15) is 9.59 Å². The van der Waals surface area contributed by atoms with Gasteiger partial charge >= 0.3 is 5.97 Å². The SMILES string of the molecule is Cc1cc(C(=O)N(CC(=O)O)CC2CC2)ccc1N. The van der Waals surface area contributed by atoms with Gasteiger partial charge in [-0.15, -0.1) is 0 Å². The van der Waals surface area contributed by atoms with Gasteiger partial charge in [-0.05, 0) is 49.4 Å². The van der Waals surface area contributed by atoms with Crippen LogP contribution in [0.15, 0.2) is 18.2 Å². The normalized spacial score (nSPS) is 14.2. The number of rotatable bonds is 5. The van der Waals surface area contributed by atoms with Gasteiger partial charge in [-0.2, -0.15) is 0 Å². The standard InChI is InChI=1S/C14H18N2O3/c1-9-6-11(4-5-12(9)15)14(19)16(8-13(17)18)7-10-2-3-10/h4-6,10H,2-3,7-8,15H2,1H3,(H,17,18). The van der Waals surface area contributed by atoms with Crippen molar-refractivity contribution in [2.24, 2.45) is 5.92 Å². The first-order chi connectivity index (χ1) is 8.97. The van der Waals surface area contributed by atoms with Crippen molar-refractivity contribution in [3.63, 3.8) is 0 Å². The number of nitrogens with two attached hydrogens (primary N) is 1. The largest absolute Gasteiger partial charge is 0.480 e. The lowest BCUT2D eigenvalue weighted by molar-refractivity contribution is -0.137. The average molecular weight is 262 g/mol. The summed E-state index contributed by atoms with van der Waals surface area (Å²) in [6, 6.07) is 5.03. The number of hydrogen-bond acceptors (Lipinski definition) is 3. The van der Waals surface area contributed by atoms with Crippen LogP contribution in [0.5, 0.6) is 0 Å². The Balaban J connectivity index is 2.16. The van der Waals surface area contributed by atoms with Gasteiger partial charge in [0.15, 0.2) is 0 Å². The Morgan fingerprint density at radius 3 is 2.63 bits per heavy atom. The zero-order valence-corrected chi connectivity index (χ0v) is 10.9. The number of carboxylic acid groups (broad SMARTS) is 1. The van der Waals surface area contributed by atoms with Gasteiger partial charge in [0.1, 0.15) is 6.54 Å². The summed E-state index contributed by atoms with van der Waals surface area (Å²) in [7, 11) is 0. The molecule has 5 nitrogen and oxygen atoms in total. The summed E-state index contributed by atoms with van der Waals surface area (Å²) in [6.07, 6.45) is 2.15. The highest BCUT2D eigenvalue weighted by molar-refractivity contribution is 5.96. The zero-order chi connectivity index (χ0) is 14.0. The van der Waals surface area contributed by atoms with E-state index in [-0.39, 0.29) is 12.5 Å². The summed E-state index contributed by atoms with van der Waals surface area (Å²) in [4.78, 5) is 24.6. The van der Waals surface area contributed by atoms with Crippen LogP contribution in [0.3, 0.4) is 0 Å². The summed E-state index contributed by atoms with van der Waals surface area (Å²) in [6.45, 7) is 2.10. The molecule has 1 amide bonds. The molecule has 1 fully saturated rings. The van der Waals surface area contributed by atoms with E-state index in [1.807, 2.05) is 6.92 Å². The van der Waals surface area contributed by atoms with Crippen molar-refractivity contribution >= 4 is 17.6 Å². The average Bonchev–Trinajstić information content (AvgIpc) is 3.14. The van der Waals surface area contributed by atoms with E-state index in [0.29, 0.717) is 23.7 Å². The number of carbonyl (C=O) groups excluding carboxylic acids is 1. The van der Waals surface area contributed by atoms with E-state index in [4.69, 9.17) is 10.8 Å². The molecular formula is C14H18N2O3. The Bertz CT molecular complexity index is 509. The second-order valence-electron chi connectivity index (χ2n) is 5.09. The van der Waals surface area contributed by atoms with E-state index in [1.54, 1.807) is 18.2 Å². The third kappa shape index (κ3) is 3.47.